The minimum Gasteiger partial charge on any atom is -0.497 e. The zero-order valence-electron chi connectivity index (χ0n) is 14.2. The zero-order valence-corrected chi connectivity index (χ0v) is 14.2. The lowest BCUT2D eigenvalue weighted by atomic mass is 10.1. The van der Waals surface area contributed by atoms with Gasteiger partial charge < -0.3 is 10.1 Å². The van der Waals surface area contributed by atoms with Gasteiger partial charge >= 0.3 is 0 Å². The molecule has 0 bridgehead atoms. The summed E-state index contributed by atoms with van der Waals surface area (Å²) in [6.45, 7) is 1.18. The molecule has 128 valence electrons. The SMILES string of the molecule is COc1cccc(CC(=O)NCCn2cc(-c3ccccc3)cn2)c1. The molecule has 5 nitrogen and oxygen atoms in total. The van der Waals surface area contributed by atoms with E-state index in [-0.39, 0.29) is 5.91 Å². The molecule has 0 aliphatic carbocycles. The molecule has 3 aromatic rings. The van der Waals surface area contributed by atoms with E-state index in [9.17, 15) is 4.79 Å². The van der Waals surface area contributed by atoms with Crippen LogP contribution in [0.5, 0.6) is 5.75 Å². The molecule has 1 aromatic heterocycles. The summed E-state index contributed by atoms with van der Waals surface area (Å²) in [5.41, 5.74) is 3.14. The van der Waals surface area contributed by atoms with Gasteiger partial charge in [-0.15, -0.1) is 0 Å². The summed E-state index contributed by atoms with van der Waals surface area (Å²) in [6.07, 6.45) is 4.17. The fourth-order valence-corrected chi connectivity index (χ4v) is 2.61. The zero-order chi connectivity index (χ0) is 17.5. The van der Waals surface area contributed by atoms with Crippen LogP contribution in [0.3, 0.4) is 0 Å². The second-order valence-corrected chi connectivity index (χ2v) is 5.74. The molecule has 0 aliphatic rings. The van der Waals surface area contributed by atoms with Gasteiger partial charge in [0.25, 0.3) is 0 Å². The van der Waals surface area contributed by atoms with Crippen molar-refractivity contribution in [2.75, 3.05) is 13.7 Å². The fraction of sp³-hybridized carbons (Fsp3) is 0.200. The van der Waals surface area contributed by atoms with Crippen molar-refractivity contribution in [3.63, 3.8) is 0 Å². The van der Waals surface area contributed by atoms with Crippen molar-refractivity contribution < 1.29 is 9.53 Å². The molecular formula is C20H21N3O2. The maximum absolute atomic E-state index is 12.0. The van der Waals surface area contributed by atoms with Gasteiger partial charge in [-0.2, -0.15) is 5.10 Å². The van der Waals surface area contributed by atoms with Crippen LogP contribution in [0.15, 0.2) is 67.0 Å². The normalized spacial score (nSPS) is 10.4. The average molecular weight is 335 g/mol. The van der Waals surface area contributed by atoms with E-state index in [1.807, 2.05) is 59.5 Å². The molecule has 0 atom stereocenters. The number of amides is 1. The van der Waals surface area contributed by atoms with Crippen molar-refractivity contribution in [2.45, 2.75) is 13.0 Å². The van der Waals surface area contributed by atoms with Crippen LogP contribution >= 0.6 is 0 Å². The lowest BCUT2D eigenvalue weighted by Crippen LogP contribution is -2.28. The molecule has 1 amide bonds. The molecule has 0 saturated carbocycles. The van der Waals surface area contributed by atoms with Gasteiger partial charge in [0, 0.05) is 18.3 Å². The maximum Gasteiger partial charge on any atom is 0.224 e. The van der Waals surface area contributed by atoms with Gasteiger partial charge in [0.05, 0.1) is 26.3 Å². The van der Waals surface area contributed by atoms with Crippen LogP contribution in [0.4, 0.5) is 0 Å². The second kappa shape index (κ2) is 8.15. The van der Waals surface area contributed by atoms with Crippen molar-refractivity contribution in [1.82, 2.24) is 15.1 Å². The van der Waals surface area contributed by atoms with Crippen LogP contribution in [0.1, 0.15) is 5.56 Å². The van der Waals surface area contributed by atoms with E-state index in [4.69, 9.17) is 4.74 Å². The smallest absolute Gasteiger partial charge is 0.224 e. The predicted octanol–water partition coefficient (Wildman–Crippen LogP) is 2.92. The Balaban J connectivity index is 1.48. The Labute approximate surface area is 147 Å². The molecule has 0 radical (unpaired) electrons. The van der Waals surface area contributed by atoms with Gasteiger partial charge in [0.2, 0.25) is 5.91 Å². The van der Waals surface area contributed by atoms with E-state index >= 15 is 0 Å². The van der Waals surface area contributed by atoms with E-state index in [0.717, 1.165) is 22.4 Å². The Bertz CT molecular complexity index is 828. The maximum atomic E-state index is 12.0. The first kappa shape index (κ1) is 16.8. The van der Waals surface area contributed by atoms with Gasteiger partial charge in [-0.05, 0) is 23.3 Å². The van der Waals surface area contributed by atoms with Crippen LogP contribution in [0.2, 0.25) is 0 Å². The average Bonchev–Trinajstić information content (AvgIpc) is 3.11. The van der Waals surface area contributed by atoms with Crippen molar-refractivity contribution in [3.05, 3.63) is 72.6 Å². The standard InChI is InChI=1S/C20H21N3O2/c1-25-19-9-5-6-16(12-19)13-20(24)21-10-11-23-15-18(14-22-23)17-7-3-2-4-8-17/h2-9,12,14-15H,10-11,13H2,1H3,(H,21,24). The molecule has 5 heteroatoms. The molecular weight excluding hydrogens is 314 g/mol. The first-order chi connectivity index (χ1) is 12.2. The Hall–Kier alpha value is -3.08. The highest BCUT2D eigenvalue weighted by molar-refractivity contribution is 5.78. The number of nitrogens with one attached hydrogen (secondary N) is 1. The monoisotopic (exact) mass is 335 g/mol. The highest BCUT2D eigenvalue weighted by Gasteiger charge is 2.05. The summed E-state index contributed by atoms with van der Waals surface area (Å²) >= 11 is 0. The quantitative estimate of drug-likeness (QED) is 0.722. The van der Waals surface area contributed by atoms with Crippen LogP contribution in [0, 0.1) is 0 Å². The summed E-state index contributed by atoms with van der Waals surface area (Å²) in [7, 11) is 1.62. The lowest BCUT2D eigenvalue weighted by molar-refractivity contribution is -0.120. The number of carbonyl (C=O) groups excluding carboxylic acids is 1. The van der Waals surface area contributed by atoms with Crippen molar-refractivity contribution >= 4 is 5.91 Å². The molecule has 25 heavy (non-hydrogen) atoms. The first-order valence-electron chi connectivity index (χ1n) is 8.22. The fourth-order valence-electron chi connectivity index (χ4n) is 2.61. The molecule has 0 saturated heterocycles. The lowest BCUT2D eigenvalue weighted by Gasteiger charge is -2.07. The second-order valence-electron chi connectivity index (χ2n) is 5.74. The van der Waals surface area contributed by atoms with Crippen LogP contribution < -0.4 is 10.1 Å². The van der Waals surface area contributed by atoms with Gasteiger partial charge in [0.15, 0.2) is 0 Å². The number of aromatic nitrogens is 2. The van der Waals surface area contributed by atoms with E-state index in [0.29, 0.717) is 19.5 Å². The molecule has 0 spiro atoms. The first-order valence-corrected chi connectivity index (χ1v) is 8.22. The Morgan fingerprint density at radius 2 is 1.96 bits per heavy atom. The Morgan fingerprint density at radius 1 is 1.12 bits per heavy atom. The molecule has 1 heterocycles. The number of benzene rings is 2. The third-order valence-electron chi connectivity index (χ3n) is 3.90. The topological polar surface area (TPSA) is 56.1 Å². The highest BCUT2D eigenvalue weighted by atomic mass is 16.5. The van der Waals surface area contributed by atoms with Crippen LogP contribution in [-0.2, 0) is 17.8 Å². The van der Waals surface area contributed by atoms with Crippen molar-refractivity contribution in [1.29, 1.82) is 0 Å². The predicted molar refractivity (Wildman–Crippen MR) is 97.4 cm³/mol. The van der Waals surface area contributed by atoms with E-state index in [2.05, 4.69) is 22.5 Å². The number of carbonyl (C=O) groups is 1. The number of rotatable bonds is 7. The third kappa shape index (κ3) is 4.70. The van der Waals surface area contributed by atoms with Gasteiger partial charge in [0.1, 0.15) is 5.75 Å². The number of methoxy groups -OCH3 is 1. The van der Waals surface area contributed by atoms with Crippen molar-refractivity contribution in [3.8, 4) is 16.9 Å². The van der Waals surface area contributed by atoms with Gasteiger partial charge in [-0.1, -0.05) is 42.5 Å². The number of hydrogen-bond donors (Lipinski definition) is 1. The molecule has 3 rings (SSSR count). The molecule has 1 N–H and O–H groups in total. The molecule has 2 aromatic carbocycles. The van der Waals surface area contributed by atoms with E-state index in [1.165, 1.54) is 0 Å². The summed E-state index contributed by atoms with van der Waals surface area (Å²) in [6, 6.07) is 17.7. The number of nitrogens with zero attached hydrogens (tertiary/aromatic N) is 2. The van der Waals surface area contributed by atoms with Gasteiger partial charge in [-0.25, -0.2) is 0 Å². The third-order valence-corrected chi connectivity index (χ3v) is 3.90. The van der Waals surface area contributed by atoms with E-state index in [1.54, 1.807) is 7.11 Å². The van der Waals surface area contributed by atoms with Crippen molar-refractivity contribution in [2.24, 2.45) is 0 Å². The molecule has 0 unspecified atom stereocenters. The summed E-state index contributed by atoms with van der Waals surface area (Å²) in [5.74, 6) is 0.749. The number of hydrogen-bond acceptors (Lipinski definition) is 3. The summed E-state index contributed by atoms with van der Waals surface area (Å²) in [5, 5.41) is 7.27. The molecule has 0 fully saturated rings. The Kier molecular flexibility index (Phi) is 5.46. The van der Waals surface area contributed by atoms with Gasteiger partial charge in [-0.3, -0.25) is 9.48 Å². The van der Waals surface area contributed by atoms with Crippen LogP contribution in [0.25, 0.3) is 11.1 Å². The summed E-state index contributed by atoms with van der Waals surface area (Å²) < 4.78 is 7.01. The number of ether oxygens (including phenoxy) is 1. The molecule has 0 aliphatic heterocycles. The van der Waals surface area contributed by atoms with Crippen LogP contribution in [-0.4, -0.2) is 29.3 Å². The minimum atomic E-state index is -0.0105. The largest absolute Gasteiger partial charge is 0.497 e. The minimum absolute atomic E-state index is 0.0105. The van der Waals surface area contributed by atoms with E-state index < -0.39 is 0 Å². The summed E-state index contributed by atoms with van der Waals surface area (Å²) in [4.78, 5) is 12.0. The highest BCUT2D eigenvalue weighted by Crippen LogP contribution is 2.17. The Morgan fingerprint density at radius 3 is 2.76 bits per heavy atom.